The minimum absolute atomic E-state index is 0.0362. The summed E-state index contributed by atoms with van der Waals surface area (Å²) in [6.45, 7) is 1.36. The number of halogens is 3. The number of furan rings is 1. The smallest absolute Gasteiger partial charge is 0.416 e. The molecule has 1 heterocycles. The highest BCUT2D eigenvalue weighted by atomic mass is 19.4. The van der Waals surface area contributed by atoms with E-state index in [4.69, 9.17) is 4.42 Å². The van der Waals surface area contributed by atoms with E-state index in [0.717, 1.165) is 6.07 Å². The Hall–Kier alpha value is -2.24. The van der Waals surface area contributed by atoms with Crippen LogP contribution in [0, 0.1) is 6.92 Å². The number of amides is 1. The van der Waals surface area contributed by atoms with Crippen molar-refractivity contribution in [2.24, 2.45) is 0 Å². The molecule has 1 N–H and O–H groups in total. The van der Waals surface area contributed by atoms with Crippen molar-refractivity contribution >= 4 is 11.6 Å². The topological polar surface area (TPSA) is 42.2 Å². The zero-order valence-electron chi connectivity index (χ0n) is 9.91. The van der Waals surface area contributed by atoms with Gasteiger partial charge in [0.05, 0.1) is 11.8 Å². The van der Waals surface area contributed by atoms with Crippen LogP contribution in [0.25, 0.3) is 0 Å². The van der Waals surface area contributed by atoms with Gasteiger partial charge in [0.1, 0.15) is 0 Å². The van der Waals surface area contributed by atoms with Crippen molar-refractivity contribution in [3.8, 4) is 0 Å². The van der Waals surface area contributed by atoms with Gasteiger partial charge in [0.15, 0.2) is 5.76 Å². The van der Waals surface area contributed by atoms with Gasteiger partial charge < -0.3 is 9.73 Å². The quantitative estimate of drug-likeness (QED) is 0.899. The fourth-order valence-corrected chi connectivity index (χ4v) is 1.61. The molecule has 0 aliphatic rings. The molecule has 1 amide bonds. The summed E-state index contributed by atoms with van der Waals surface area (Å²) in [6, 6.07) is 6.56. The molecule has 19 heavy (non-hydrogen) atoms. The van der Waals surface area contributed by atoms with E-state index < -0.39 is 17.6 Å². The highest BCUT2D eigenvalue weighted by molar-refractivity contribution is 6.02. The Kier molecular flexibility index (Phi) is 3.33. The van der Waals surface area contributed by atoms with E-state index in [-0.39, 0.29) is 17.0 Å². The summed E-state index contributed by atoms with van der Waals surface area (Å²) >= 11 is 0. The average Bonchev–Trinajstić information content (AvgIpc) is 2.83. The molecule has 100 valence electrons. The maximum atomic E-state index is 12.7. The number of benzene rings is 1. The molecule has 0 bridgehead atoms. The molecule has 3 nitrogen and oxygen atoms in total. The lowest BCUT2D eigenvalue weighted by molar-refractivity contribution is -0.138. The van der Waals surface area contributed by atoms with Gasteiger partial charge in [0.25, 0.3) is 5.91 Å². The van der Waals surface area contributed by atoms with Gasteiger partial charge >= 0.3 is 6.18 Å². The summed E-state index contributed by atoms with van der Waals surface area (Å²) in [4.78, 5) is 11.6. The van der Waals surface area contributed by atoms with Crippen molar-refractivity contribution in [3.05, 3.63) is 53.5 Å². The van der Waals surface area contributed by atoms with Crippen LogP contribution < -0.4 is 5.32 Å². The molecular weight excluding hydrogens is 259 g/mol. The van der Waals surface area contributed by atoms with Crippen LogP contribution in [0.3, 0.4) is 0 Å². The maximum absolute atomic E-state index is 12.7. The number of rotatable bonds is 2. The van der Waals surface area contributed by atoms with E-state index in [1.165, 1.54) is 37.5 Å². The molecular formula is C13H10F3NO2. The van der Waals surface area contributed by atoms with Crippen molar-refractivity contribution in [3.63, 3.8) is 0 Å². The summed E-state index contributed by atoms with van der Waals surface area (Å²) in [7, 11) is 0. The Balaban J connectivity index is 2.25. The number of hydrogen-bond acceptors (Lipinski definition) is 2. The van der Waals surface area contributed by atoms with E-state index in [2.05, 4.69) is 5.32 Å². The van der Waals surface area contributed by atoms with Crippen molar-refractivity contribution in [2.75, 3.05) is 5.32 Å². The van der Waals surface area contributed by atoms with Crippen molar-refractivity contribution < 1.29 is 22.4 Å². The Morgan fingerprint density at radius 2 is 2.00 bits per heavy atom. The monoisotopic (exact) mass is 269 g/mol. The van der Waals surface area contributed by atoms with Crippen LogP contribution in [0.5, 0.6) is 0 Å². The standard InChI is InChI=1S/C13H10F3NO2/c1-8-4-5-9(7-10(8)13(14,15)16)17-12(18)11-3-2-6-19-11/h2-7H,1H3,(H,17,18). The first-order valence-electron chi connectivity index (χ1n) is 5.40. The molecule has 0 aliphatic heterocycles. The first kappa shape index (κ1) is 13.2. The SMILES string of the molecule is Cc1ccc(NC(=O)c2ccco2)cc1C(F)(F)F. The van der Waals surface area contributed by atoms with Crippen LogP contribution in [0.4, 0.5) is 18.9 Å². The van der Waals surface area contributed by atoms with Gasteiger partial charge in [-0.2, -0.15) is 13.2 Å². The predicted molar refractivity (Wildman–Crippen MR) is 62.8 cm³/mol. The first-order valence-corrected chi connectivity index (χ1v) is 5.40. The number of alkyl halides is 3. The predicted octanol–water partition coefficient (Wildman–Crippen LogP) is 3.86. The van der Waals surface area contributed by atoms with Crippen LogP contribution in [0.1, 0.15) is 21.7 Å². The van der Waals surface area contributed by atoms with Gasteiger partial charge in [-0.15, -0.1) is 0 Å². The first-order chi connectivity index (χ1) is 8.88. The highest BCUT2D eigenvalue weighted by Gasteiger charge is 2.32. The highest BCUT2D eigenvalue weighted by Crippen LogP contribution is 2.33. The summed E-state index contributed by atoms with van der Waals surface area (Å²) in [6.07, 6.45) is -3.14. The number of carbonyl (C=O) groups is 1. The molecule has 0 unspecified atom stereocenters. The zero-order chi connectivity index (χ0) is 14.0. The Morgan fingerprint density at radius 3 is 2.58 bits per heavy atom. The molecule has 0 fully saturated rings. The van der Waals surface area contributed by atoms with Gasteiger partial charge in [0.2, 0.25) is 0 Å². The third-order valence-electron chi connectivity index (χ3n) is 2.55. The van der Waals surface area contributed by atoms with Crippen LogP contribution >= 0.6 is 0 Å². The Labute approximate surface area is 107 Å². The molecule has 1 aromatic heterocycles. The molecule has 2 aromatic rings. The van der Waals surface area contributed by atoms with E-state index in [1.54, 1.807) is 0 Å². The lowest BCUT2D eigenvalue weighted by atomic mass is 10.1. The van der Waals surface area contributed by atoms with Crippen LogP contribution in [0.15, 0.2) is 41.0 Å². The number of aryl methyl sites for hydroxylation is 1. The molecule has 1 aromatic carbocycles. The maximum Gasteiger partial charge on any atom is 0.416 e. The zero-order valence-corrected chi connectivity index (χ0v) is 9.91. The molecule has 0 atom stereocenters. The van der Waals surface area contributed by atoms with Crippen LogP contribution in [-0.4, -0.2) is 5.91 Å². The fourth-order valence-electron chi connectivity index (χ4n) is 1.61. The number of hydrogen-bond donors (Lipinski definition) is 1. The minimum Gasteiger partial charge on any atom is -0.459 e. The van der Waals surface area contributed by atoms with Gasteiger partial charge in [-0.3, -0.25) is 4.79 Å². The second kappa shape index (κ2) is 4.79. The third-order valence-corrected chi connectivity index (χ3v) is 2.55. The van der Waals surface area contributed by atoms with Gasteiger partial charge in [-0.05, 0) is 36.8 Å². The molecule has 0 radical (unpaired) electrons. The average molecular weight is 269 g/mol. The van der Waals surface area contributed by atoms with Gasteiger partial charge in [0, 0.05) is 5.69 Å². The Morgan fingerprint density at radius 1 is 1.26 bits per heavy atom. The van der Waals surface area contributed by atoms with Crippen molar-refractivity contribution in [1.29, 1.82) is 0 Å². The van der Waals surface area contributed by atoms with E-state index in [9.17, 15) is 18.0 Å². The largest absolute Gasteiger partial charge is 0.459 e. The lowest BCUT2D eigenvalue weighted by Crippen LogP contribution is -2.13. The summed E-state index contributed by atoms with van der Waals surface area (Å²) < 4.78 is 43.0. The number of nitrogens with one attached hydrogen (secondary N) is 1. The van der Waals surface area contributed by atoms with E-state index in [1.807, 2.05) is 0 Å². The second-order valence-corrected chi connectivity index (χ2v) is 3.96. The van der Waals surface area contributed by atoms with Crippen molar-refractivity contribution in [1.82, 2.24) is 0 Å². The molecule has 6 heteroatoms. The van der Waals surface area contributed by atoms with E-state index in [0.29, 0.717) is 0 Å². The molecule has 0 saturated heterocycles. The van der Waals surface area contributed by atoms with Gasteiger partial charge in [-0.1, -0.05) is 6.07 Å². The molecule has 0 saturated carbocycles. The normalized spacial score (nSPS) is 11.4. The summed E-state index contributed by atoms with van der Waals surface area (Å²) in [5, 5.41) is 2.35. The number of anilines is 1. The van der Waals surface area contributed by atoms with Crippen LogP contribution in [0.2, 0.25) is 0 Å². The fraction of sp³-hybridized carbons (Fsp3) is 0.154. The Bertz CT molecular complexity index is 588. The summed E-state index contributed by atoms with van der Waals surface area (Å²) in [5.41, 5.74) is -0.604. The molecule has 2 rings (SSSR count). The number of carbonyl (C=O) groups excluding carboxylic acids is 1. The molecule has 0 aliphatic carbocycles. The molecule has 0 spiro atoms. The van der Waals surface area contributed by atoms with E-state index >= 15 is 0 Å². The summed E-state index contributed by atoms with van der Waals surface area (Å²) in [5.74, 6) is -0.559. The second-order valence-electron chi connectivity index (χ2n) is 3.96. The van der Waals surface area contributed by atoms with Crippen molar-refractivity contribution in [2.45, 2.75) is 13.1 Å². The lowest BCUT2D eigenvalue weighted by Gasteiger charge is -2.12. The van der Waals surface area contributed by atoms with Gasteiger partial charge in [-0.25, -0.2) is 0 Å². The minimum atomic E-state index is -4.45. The third kappa shape index (κ3) is 2.96. The van der Waals surface area contributed by atoms with Crippen LogP contribution in [-0.2, 0) is 6.18 Å².